The third-order valence-corrected chi connectivity index (χ3v) is 4.10. The van der Waals surface area contributed by atoms with Crippen molar-refractivity contribution in [3.05, 3.63) is 29.8 Å². The second-order valence-electron chi connectivity index (χ2n) is 4.75. The van der Waals surface area contributed by atoms with E-state index in [1.807, 2.05) is 0 Å². The molecule has 1 heterocycles. The van der Waals surface area contributed by atoms with Crippen LogP contribution in [-0.2, 0) is 6.42 Å². The smallest absolute Gasteiger partial charge is 0.175 e. The van der Waals surface area contributed by atoms with Crippen molar-refractivity contribution in [2.45, 2.75) is 39.0 Å². The largest absolute Gasteiger partial charge is 0.299 e. The molecule has 0 bridgehead atoms. The first-order valence-corrected chi connectivity index (χ1v) is 8.16. The summed E-state index contributed by atoms with van der Waals surface area (Å²) in [5, 5.41) is 1.00. The van der Waals surface area contributed by atoms with Crippen LogP contribution in [0.2, 0.25) is 0 Å². The number of aliphatic imine (C=N–C) groups is 1. The zero-order chi connectivity index (χ0) is 13.3. The highest BCUT2D eigenvalue weighted by Crippen LogP contribution is 2.18. The van der Waals surface area contributed by atoms with E-state index in [-0.39, 0.29) is 0 Å². The van der Waals surface area contributed by atoms with E-state index >= 15 is 0 Å². The molecule has 0 aromatic heterocycles. The number of benzene rings is 1. The van der Waals surface area contributed by atoms with Crippen LogP contribution in [0.1, 0.15) is 38.2 Å². The highest BCUT2D eigenvalue weighted by atomic mass is 32.2. The Morgan fingerprint density at radius 1 is 1.16 bits per heavy atom. The topological polar surface area (TPSA) is 36.4 Å². The first-order valence-electron chi connectivity index (χ1n) is 7.17. The molecule has 1 aromatic rings. The van der Waals surface area contributed by atoms with Crippen LogP contribution in [0.25, 0.3) is 0 Å². The normalized spacial score (nSPS) is 14.3. The van der Waals surface area contributed by atoms with Crippen LogP contribution in [0.3, 0.4) is 0 Å². The number of amidine groups is 1. The Hall–Kier alpha value is -1.16. The lowest BCUT2D eigenvalue weighted by atomic mass is 10.0. The number of anilines is 1. The lowest BCUT2D eigenvalue weighted by Gasteiger charge is -2.13. The summed E-state index contributed by atoms with van der Waals surface area (Å²) >= 11 is 1.77. The van der Waals surface area contributed by atoms with Crippen molar-refractivity contribution in [1.82, 2.24) is 5.43 Å². The van der Waals surface area contributed by atoms with E-state index in [0.29, 0.717) is 0 Å². The maximum atomic E-state index is 4.37. The molecule has 2 rings (SSSR count). The number of hydrazine groups is 1. The lowest BCUT2D eigenvalue weighted by Crippen LogP contribution is -2.26. The van der Waals surface area contributed by atoms with Gasteiger partial charge in [-0.05, 0) is 24.5 Å². The van der Waals surface area contributed by atoms with Crippen molar-refractivity contribution >= 4 is 22.6 Å². The molecular formula is C15H23N3S. The Balaban J connectivity index is 1.84. The fourth-order valence-corrected chi connectivity index (χ4v) is 2.82. The van der Waals surface area contributed by atoms with Gasteiger partial charge in [-0.2, -0.15) is 0 Å². The van der Waals surface area contributed by atoms with E-state index < -0.39 is 0 Å². The minimum Gasteiger partial charge on any atom is -0.299 e. The van der Waals surface area contributed by atoms with Crippen molar-refractivity contribution in [2.75, 3.05) is 17.7 Å². The van der Waals surface area contributed by atoms with Crippen LogP contribution in [0.4, 0.5) is 5.69 Å². The third-order valence-electron chi connectivity index (χ3n) is 3.21. The summed E-state index contributed by atoms with van der Waals surface area (Å²) in [7, 11) is 0. The van der Waals surface area contributed by atoms with Crippen molar-refractivity contribution < 1.29 is 0 Å². The Labute approximate surface area is 120 Å². The minimum absolute atomic E-state index is 0.924. The number of hydrogen-bond donors (Lipinski definition) is 2. The molecule has 2 N–H and O–H groups in total. The van der Waals surface area contributed by atoms with Gasteiger partial charge in [-0.1, -0.05) is 56.1 Å². The van der Waals surface area contributed by atoms with E-state index in [1.54, 1.807) is 11.8 Å². The van der Waals surface area contributed by atoms with Crippen molar-refractivity contribution in [3.63, 3.8) is 0 Å². The van der Waals surface area contributed by atoms with E-state index in [4.69, 9.17) is 0 Å². The Morgan fingerprint density at radius 3 is 2.84 bits per heavy atom. The van der Waals surface area contributed by atoms with Crippen LogP contribution < -0.4 is 10.9 Å². The van der Waals surface area contributed by atoms with Gasteiger partial charge in [-0.15, -0.1) is 0 Å². The first kappa shape index (κ1) is 14.3. The number of rotatable bonds is 7. The lowest BCUT2D eigenvalue weighted by molar-refractivity contribution is 0.667. The number of nitrogens with one attached hydrogen (secondary N) is 2. The highest BCUT2D eigenvalue weighted by Gasteiger charge is 2.07. The van der Waals surface area contributed by atoms with Crippen LogP contribution >= 0.6 is 11.8 Å². The molecule has 1 aliphatic rings. The summed E-state index contributed by atoms with van der Waals surface area (Å²) in [5.74, 6) is 1.09. The van der Waals surface area contributed by atoms with E-state index in [1.165, 1.54) is 36.9 Å². The van der Waals surface area contributed by atoms with Gasteiger partial charge in [0, 0.05) is 5.75 Å². The minimum atomic E-state index is 0.924. The molecule has 1 aromatic carbocycles. The first-order chi connectivity index (χ1) is 9.40. The molecule has 19 heavy (non-hydrogen) atoms. The molecule has 0 spiro atoms. The Bertz CT molecular complexity index is 418. The molecule has 0 saturated heterocycles. The van der Waals surface area contributed by atoms with Crippen LogP contribution in [0, 0.1) is 0 Å². The molecule has 0 radical (unpaired) electrons. The predicted molar refractivity (Wildman–Crippen MR) is 85.8 cm³/mol. The van der Waals surface area contributed by atoms with Crippen LogP contribution in [0.5, 0.6) is 0 Å². The molecule has 0 atom stereocenters. The summed E-state index contributed by atoms with van der Waals surface area (Å²) in [6, 6.07) is 8.52. The number of nitrogens with zero attached hydrogens (tertiary/aromatic N) is 1. The molecule has 0 aliphatic carbocycles. The summed E-state index contributed by atoms with van der Waals surface area (Å²) in [6.07, 6.45) is 6.35. The summed E-state index contributed by atoms with van der Waals surface area (Å²) in [4.78, 5) is 4.37. The molecule has 0 saturated carbocycles. The second-order valence-corrected chi connectivity index (χ2v) is 5.84. The van der Waals surface area contributed by atoms with E-state index in [2.05, 4.69) is 47.0 Å². The van der Waals surface area contributed by atoms with Gasteiger partial charge in [0.25, 0.3) is 0 Å². The van der Waals surface area contributed by atoms with E-state index in [0.717, 1.165) is 23.9 Å². The number of thioether (sulfide) groups is 1. The molecular weight excluding hydrogens is 254 g/mol. The summed E-state index contributed by atoms with van der Waals surface area (Å²) < 4.78 is 0. The van der Waals surface area contributed by atoms with Crippen LogP contribution in [-0.4, -0.2) is 17.5 Å². The molecule has 0 fully saturated rings. The maximum absolute atomic E-state index is 4.37. The highest BCUT2D eigenvalue weighted by molar-refractivity contribution is 8.14. The predicted octanol–water partition coefficient (Wildman–Crippen LogP) is 3.83. The molecule has 0 unspecified atom stereocenters. The van der Waals surface area contributed by atoms with Crippen molar-refractivity contribution in [2.24, 2.45) is 4.99 Å². The molecule has 104 valence electrons. The molecule has 4 heteroatoms. The van der Waals surface area contributed by atoms with Gasteiger partial charge in [-0.25, -0.2) is 0 Å². The average Bonchev–Trinajstić information content (AvgIpc) is 2.96. The van der Waals surface area contributed by atoms with Gasteiger partial charge in [-0.3, -0.25) is 15.8 Å². The molecule has 0 amide bonds. The zero-order valence-electron chi connectivity index (χ0n) is 11.6. The third kappa shape index (κ3) is 4.78. The second kappa shape index (κ2) is 8.10. The van der Waals surface area contributed by atoms with E-state index in [9.17, 15) is 0 Å². The maximum Gasteiger partial charge on any atom is 0.175 e. The number of para-hydroxylation sites is 1. The van der Waals surface area contributed by atoms with Gasteiger partial charge in [0.1, 0.15) is 0 Å². The van der Waals surface area contributed by atoms with Crippen LogP contribution in [0.15, 0.2) is 29.3 Å². The standard InChI is InChI=1S/C15H23N3S/c1-2-3-4-5-8-13-9-6-7-10-14(13)17-18-15-16-11-12-19-15/h6-7,9-10,17H,2-5,8,11-12H2,1H3,(H,16,18). The van der Waals surface area contributed by atoms with Crippen molar-refractivity contribution in [3.8, 4) is 0 Å². The summed E-state index contributed by atoms with van der Waals surface area (Å²) in [5.41, 5.74) is 9.06. The van der Waals surface area contributed by atoms with Gasteiger partial charge in [0.2, 0.25) is 0 Å². The van der Waals surface area contributed by atoms with Gasteiger partial charge < -0.3 is 0 Å². The summed E-state index contributed by atoms with van der Waals surface area (Å²) in [6.45, 7) is 3.17. The Kier molecular flexibility index (Phi) is 6.08. The average molecular weight is 277 g/mol. The molecule has 3 nitrogen and oxygen atoms in total. The fourth-order valence-electron chi connectivity index (χ4n) is 2.13. The number of aryl methyl sites for hydroxylation is 1. The number of hydrogen-bond acceptors (Lipinski definition) is 4. The Morgan fingerprint density at radius 2 is 2.05 bits per heavy atom. The van der Waals surface area contributed by atoms with Gasteiger partial charge in [0.15, 0.2) is 5.17 Å². The zero-order valence-corrected chi connectivity index (χ0v) is 12.4. The molecule has 1 aliphatic heterocycles. The van der Waals surface area contributed by atoms with Crippen molar-refractivity contribution in [1.29, 1.82) is 0 Å². The quantitative estimate of drug-likeness (QED) is 0.587. The fraction of sp³-hybridized carbons (Fsp3) is 0.533. The SMILES string of the molecule is CCCCCCc1ccccc1NNC1=NCCS1. The van der Waals surface area contributed by atoms with Gasteiger partial charge in [0.05, 0.1) is 12.2 Å². The monoisotopic (exact) mass is 277 g/mol. The number of unbranched alkanes of at least 4 members (excludes halogenated alkanes) is 3. The van der Waals surface area contributed by atoms with Gasteiger partial charge >= 0.3 is 0 Å².